The maximum Gasteiger partial charge on any atom is 0.271 e. The molecule has 0 heterocycles. The van der Waals surface area contributed by atoms with E-state index in [0.29, 0.717) is 12.5 Å². The van der Waals surface area contributed by atoms with Gasteiger partial charge in [-0.1, -0.05) is 50.9 Å². The third-order valence-electron chi connectivity index (χ3n) is 3.74. The van der Waals surface area contributed by atoms with E-state index in [1.165, 1.54) is 0 Å². The molecule has 0 unspecified atom stereocenters. The summed E-state index contributed by atoms with van der Waals surface area (Å²) < 4.78 is 0. The van der Waals surface area contributed by atoms with Crippen LogP contribution < -0.4 is 5.32 Å². The van der Waals surface area contributed by atoms with Gasteiger partial charge in [0.15, 0.2) is 0 Å². The number of hydrogen-bond acceptors (Lipinski definition) is 3. The summed E-state index contributed by atoms with van der Waals surface area (Å²) in [6.45, 7) is 8.60. The molecule has 0 spiro atoms. The largest absolute Gasteiger partial charge is 0.351 e. The Bertz CT molecular complexity index is 572. The average molecular weight is 333 g/mol. The van der Waals surface area contributed by atoms with Gasteiger partial charge in [-0.3, -0.25) is 14.9 Å². The van der Waals surface area contributed by atoms with Crippen LogP contribution in [0, 0.1) is 21.4 Å². The molecular weight excluding hydrogens is 315 g/mol. The van der Waals surface area contributed by atoms with Crippen LogP contribution in [-0.4, -0.2) is 17.4 Å². The van der Waals surface area contributed by atoms with E-state index in [1.54, 1.807) is 0 Å². The van der Waals surface area contributed by atoms with Gasteiger partial charge in [-0.15, -0.1) is 0 Å². The second-order valence-corrected chi connectivity index (χ2v) is 6.66. The summed E-state index contributed by atoms with van der Waals surface area (Å²) in [5.41, 5.74) is -0.361. The lowest BCUT2D eigenvalue weighted by atomic mass is 9.81. The van der Waals surface area contributed by atoms with Gasteiger partial charge < -0.3 is 5.32 Å². The molecular formula is C14H18Cl2N2O3. The topological polar surface area (TPSA) is 72.2 Å². The second kappa shape index (κ2) is 6.62. The molecule has 0 aliphatic heterocycles. The van der Waals surface area contributed by atoms with Crippen molar-refractivity contribution in [2.75, 3.05) is 6.54 Å². The molecule has 0 fully saturated rings. The molecule has 21 heavy (non-hydrogen) atoms. The van der Waals surface area contributed by atoms with Gasteiger partial charge in [-0.2, -0.15) is 0 Å². The third-order valence-corrected chi connectivity index (χ3v) is 4.54. The van der Waals surface area contributed by atoms with Gasteiger partial charge in [0, 0.05) is 18.7 Å². The molecule has 1 rings (SSSR count). The maximum absolute atomic E-state index is 12.2. The third kappa shape index (κ3) is 4.32. The minimum absolute atomic E-state index is 0.00965. The zero-order valence-corrected chi connectivity index (χ0v) is 13.9. The number of non-ortho nitro benzene ring substituents is 1. The number of hydrogen-bond donors (Lipinski definition) is 1. The smallest absolute Gasteiger partial charge is 0.271 e. The first-order chi connectivity index (χ1) is 9.56. The summed E-state index contributed by atoms with van der Waals surface area (Å²) in [5, 5.41) is 13.6. The van der Waals surface area contributed by atoms with Crippen LogP contribution in [0.25, 0.3) is 0 Å². The molecule has 0 aliphatic carbocycles. The Labute approximate surface area is 133 Å². The van der Waals surface area contributed by atoms with E-state index in [4.69, 9.17) is 23.2 Å². The molecule has 1 aromatic carbocycles. The first-order valence-electron chi connectivity index (χ1n) is 6.48. The maximum atomic E-state index is 12.2. The number of nitrogens with zero attached hydrogens (tertiary/aromatic N) is 1. The van der Waals surface area contributed by atoms with Crippen LogP contribution in [0.2, 0.25) is 10.0 Å². The first kappa shape index (κ1) is 17.7. The Hall–Kier alpha value is -1.33. The molecule has 0 radical (unpaired) electrons. The molecule has 1 amide bonds. The Kier molecular flexibility index (Phi) is 5.59. The molecule has 5 nitrogen and oxygen atoms in total. The molecule has 0 saturated carbocycles. The number of carbonyl (C=O) groups excluding carboxylic acids is 1. The van der Waals surface area contributed by atoms with Crippen molar-refractivity contribution in [2.24, 2.45) is 11.3 Å². The van der Waals surface area contributed by atoms with Gasteiger partial charge in [0.25, 0.3) is 11.6 Å². The van der Waals surface area contributed by atoms with Gasteiger partial charge in [-0.25, -0.2) is 0 Å². The Balaban J connectivity index is 3.00. The summed E-state index contributed by atoms with van der Waals surface area (Å²) in [7, 11) is 0. The summed E-state index contributed by atoms with van der Waals surface area (Å²) in [6.07, 6.45) is 0. The van der Waals surface area contributed by atoms with Crippen LogP contribution in [0.15, 0.2) is 12.1 Å². The Morgan fingerprint density at radius 2 is 1.95 bits per heavy atom. The molecule has 0 saturated heterocycles. The molecule has 0 aliphatic rings. The highest BCUT2D eigenvalue weighted by Gasteiger charge is 2.25. The van der Waals surface area contributed by atoms with Gasteiger partial charge in [0.05, 0.1) is 20.5 Å². The van der Waals surface area contributed by atoms with E-state index in [2.05, 4.69) is 19.2 Å². The normalized spacial score (nSPS) is 11.6. The highest BCUT2D eigenvalue weighted by Crippen LogP contribution is 2.31. The molecule has 7 heteroatoms. The molecule has 0 atom stereocenters. The van der Waals surface area contributed by atoms with E-state index in [0.717, 1.165) is 12.1 Å². The lowest BCUT2D eigenvalue weighted by Crippen LogP contribution is -2.37. The summed E-state index contributed by atoms with van der Waals surface area (Å²) in [4.78, 5) is 22.4. The van der Waals surface area contributed by atoms with Gasteiger partial charge >= 0.3 is 0 Å². The number of carbonyl (C=O) groups is 1. The van der Waals surface area contributed by atoms with Crippen molar-refractivity contribution in [3.63, 3.8) is 0 Å². The van der Waals surface area contributed by atoms with Crippen LogP contribution in [-0.2, 0) is 0 Å². The lowest BCUT2D eigenvalue weighted by molar-refractivity contribution is -0.384. The van der Waals surface area contributed by atoms with Crippen LogP contribution in [0.4, 0.5) is 5.69 Å². The summed E-state index contributed by atoms with van der Waals surface area (Å²) >= 11 is 11.8. The number of nitro groups is 1. The first-order valence-corrected chi connectivity index (χ1v) is 7.23. The van der Waals surface area contributed by atoms with E-state index in [1.807, 2.05) is 13.8 Å². The SMILES string of the molecule is CC(C)C(C)(C)CNC(=O)c1cc([N+](=O)[O-])cc(Cl)c1Cl. The van der Waals surface area contributed by atoms with Crippen molar-refractivity contribution in [3.05, 3.63) is 37.9 Å². The molecule has 0 aromatic heterocycles. The second-order valence-electron chi connectivity index (χ2n) is 5.87. The number of rotatable bonds is 5. The van der Waals surface area contributed by atoms with Crippen LogP contribution in [0.5, 0.6) is 0 Å². The fourth-order valence-corrected chi connectivity index (χ4v) is 1.86. The predicted octanol–water partition coefficient (Wildman–Crippen LogP) is 4.31. The minimum Gasteiger partial charge on any atom is -0.351 e. The highest BCUT2D eigenvalue weighted by atomic mass is 35.5. The Morgan fingerprint density at radius 1 is 1.38 bits per heavy atom. The van der Waals surface area contributed by atoms with Gasteiger partial charge in [0.2, 0.25) is 0 Å². The zero-order chi connectivity index (χ0) is 16.4. The van der Waals surface area contributed by atoms with Crippen molar-refractivity contribution in [1.29, 1.82) is 0 Å². The van der Waals surface area contributed by atoms with Gasteiger partial charge in [-0.05, 0) is 11.3 Å². The van der Waals surface area contributed by atoms with Crippen molar-refractivity contribution in [1.82, 2.24) is 5.32 Å². The minimum atomic E-state index is -0.614. The predicted molar refractivity (Wildman–Crippen MR) is 84.1 cm³/mol. The van der Waals surface area contributed by atoms with Crippen molar-refractivity contribution in [3.8, 4) is 0 Å². The van der Waals surface area contributed by atoms with Crippen molar-refractivity contribution in [2.45, 2.75) is 27.7 Å². The monoisotopic (exact) mass is 332 g/mol. The van der Waals surface area contributed by atoms with Crippen LogP contribution >= 0.6 is 23.2 Å². The fraction of sp³-hybridized carbons (Fsp3) is 0.500. The standard InChI is InChI=1S/C14H18Cl2N2O3/c1-8(2)14(3,4)7-17-13(19)10-5-9(18(20)21)6-11(15)12(10)16/h5-6,8H,7H2,1-4H3,(H,17,19). The fourth-order valence-electron chi connectivity index (χ4n) is 1.45. The van der Waals surface area contributed by atoms with Crippen molar-refractivity contribution >= 4 is 34.8 Å². The quantitative estimate of drug-likeness (QED) is 0.644. The van der Waals surface area contributed by atoms with E-state index in [-0.39, 0.29) is 26.7 Å². The van der Waals surface area contributed by atoms with E-state index in [9.17, 15) is 14.9 Å². The highest BCUT2D eigenvalue weighted by molar-refractivity contribution is 6.44. The summed E-state index contributed by atoms with van der Waals surface area (Å²) in [5.74, 6) is -0.110. The number of benzene rings is 1. The van der Waals surface area contributed by atoms with E-state index < -0.39 is 10.8 Å². The van der Waals surface area contributed by atoms with Crippen molar-refractivity contribution < 1.29 is 9.72 Å². The van der Waals surface area contributed by atoms with Crippen LogP contribution in [0.3, 0.4) is 0 Å². The molecule has 1 N–H and O–H groups in total. The molecule has 0 bridgehead atoms. The lowest BCUT2D eigenvalue weighted by Gasteiger charge is -2.29. The number of amides is 1. The number of nitro benzene ring substituents is 1. The summed E-state index contributed by atoms with van der Waals surface area (Å²) in [6, 6.07) is 2.25. The number of halogens is 2. The zero-order valence-electron chi connectivity index (χ0n) is 12.4. The van der Waals surface area contributed by atoms with Crippen LogP contribution in [0.1, 0.15) is 38.1 Å². The molecule has 1 aromatic rings. The molecule has 116 valence electrons. The van der Waals surface area contributed by atoms with Gasteiger partial charge in [0.1, 0.15) is 0 Å². The van der Waals surface area contributed by atoms with E-state index >= 15 is 0 Å². The number of nitrogens with one attached hydrogen (secondary N) is 1. The average Bonchev–Trinajstić information content (AvgIpc) is 2.38. The Morgan fingerprint density at radius 3 is 2.43 bits per heavy atom.